The van der Waals surface area contributed by atoms with Gasteiger partial charge in [0.25, 0.3) is 5.91 Å². The summed E-state index contributed by atoms with van der Waals surface area (Å²) in [5.74, 6) is 0.567. The highest BCUT2D eigenvalue weighted by Crippen LogP contribution is 2.33. The van der Waals surface area contributed by atoms with Crippen molar-refractivity contribution < 1.29 is 4.79 Å². The molecule has 2 saturated carbocycles. The van der Waals surface area contributed by atoms with Crippen molar-refractivity contribution in [1.82, 2.24) is 9.88 Å². The van der Waals surface area contributed by atoms with Crippen LogP contribution in [0.15, 0.2) is 12.1 Å². The fourth-order valence-electron chi connectivity index (χ4n) is 3.14. The summed E-state index contributed by atoms with van der Waals surface area (Å²) in [7, 11) is 0. The normalized spacial score (nSPS) is 19.5. The second-order valence-corrected chi connectivity index (χ2v) is 6.95. The quantitative estimate of drug-likeness (QED) is 0.759. The van der Waals surface area contributed by atoms with Crippen molar-refractivity contribution >= 4 is 29.1 Å². The molecule has 0 aromatic carbocycles. The van der Waals surface area contributed by atoms with E-state index in [1.807, 2.05) is 4.90 Å². The van der Waals surface area contributed by atoms with E-state index in [0.29, 0.717) is 27.8 Å². The lowest BCUT2D eigenvalue weighted by Crippen LogP contribution is -2.38. The lowest BCUT2D eigenvalue weighted by molar-refractivity contribution is 0.0693. The van der Waals surface area contributed by atoms with Crippen LogP contribution in [0, 0.1) is 5.92 Å². The summed E-state index contributed by atoms with van der Waals surface area (Å²) < 4.78 is 0. The Hall–Kier alpha value is -0.800. The SMILES string of the molecule is O=C(c1nc(Cl)ccc1Cl)N(CC1CCCCC1)C1CC1. The third-order valence-electron chi connectivity index (χ3n) is 4.44. The summed E-state index contributed by atoms with van der Waals surface area (Å²) >= 11 is 12.0. The van der Waals surface area contributed by atoms with E-state index < -0.39 is 0 Å². The van der Waals surface area contributed by atoms with E-state index in [1.165, 1.54) is 32.1 Å². The smallest absolute Gasteiger partial charge is 0.274 e. The minimum Gasteiger partial charge on any atom is -0.334 e. The minimum absolute atomic E-state index is 0.0597. The van der Waals surface area contributed by atoms with Gasteiger partial charge in [-0.25, -0.2) is 4.98 Å². The molecule has 1 aromatic rings. The van der Waals surface area contributed by atoms with Gasteiger partial charge in [-0.05, 0) is 43.7 Å². The molecule has 21 heavy (non-hydrogen) atoms. The summed E-state index contributed by atoms with van der Waals surface area (Å²) in [6.45, 7) is 0.841. The molecule has 0 spiro atoms. The summed E-state index contributed by atoms with van der Waals surface area (Å²) in [5.41, 5.74) is 0.298. The van der Waals surface area contributed by atoms with Gasteiger partial charge in [0.1, 0.15) is 10.8 Å². The molecule has 3 nitrogen and oxygen atoms in total. The first-order chi connectivity index (χ1) is 10.1. The number of amides is 1. The summed E-state index contributed by atoms with van der Waals surface area (Å²) in [6.07, 6.45) is 8.55. The number of hydrogen-bond donors (Lipinski definition) is 0. The van der Waals surface area contributed by atoms with E-state index in [2.05, 4.69) is 4.98 Å². The second kappa shape index (κ2) is 6.53. The molecule has 0 atom stereocenters. The Balaban J connectivity index is 1.76. The van der Waals surface area contributed by atoms with Crippen LogP contribution in [0.3, 0.4) is 0 Å². The molecule has 2 fully saturated rings. The number of aromatic nitrogens is 1. The largest absolute Gasteiger partial charge is 0.334 e. The predicted molar refractivity (Wildman–Crippen MR) is 84.9 cm³/mol. The van der Waals surface area contributed by atoms with Gasteiger partial charge in [-0.3, -0.25) is 4.79 Å². The summed E-state index contributed by atoms with van der Waals surface area (Å²) in [6, 6.07) is 3.63. The molecular weight excluding hydrogens is 307 g/mol. The monoisotopic (exact) mass is 326 g/mol. The number of hydrogen-bond acceptors (Lipinski definition) is 2. The van der Waals surface area contributed by atoms with Crippen molar-refractivity contribution in [1.29, 1.82) is 0 Å². The fraction of sp³-hybridized carbons (Fsp3) is 0.625. The molecule has 114 valence electrons. The predicted octanol–water partition coefficient (Wildman–Crippen LogP) is 4.57. The van der Waals surface area contributed by atoms with Crippen LogP contribution in [0.5, 0.6) is 0 Å². The average molecular weight is 327 g/mol. The van der Waals surface area contributed by atoms with Crippen LogP contribution in [-0.2, 0) is 0 Å². The van der Waals surface area contributed by atoms with Gasteiger partial charge in [-0.15, -0.1) is 0 Å². The van der Waals surface area contributed by atoms with E-state index in [4.69, 9.17) is 23.2 Å². The van der Waals surface area contributed by atoms with Gasteiger partial charge in [0, 0.05) is 12.6 Å². The van der Waals surface area contributed by atoms with Gasteiger partial charge in [-0.1, -0.05) is 42.5 Å². The molecule has 2 aliphatic carbocycles. The zero-order valence-corrected chi connectivity index (χ0v) is 13.5. The van der Waals surface area contributed by atoms with Crippen LogP contribution in [-0.4, -0.2) is 28.4 Å². The molecule has 2 aliphatic rings. The molecule has 0 bridgehead atoms. The van der Waals surface area contributed by atoms with Crippen LogP contribution in [0.4, 0.5) is 0 Å². The second-order valence-electron chi connectivity index (χ2n) is 6.16. The highest BCUT2D eigenvalue weighted by Gasteiger charge is 2.35. The van der Waals surface area contributed by atoms with Crippen molar-refractivity contribution in [3.8, 4) is 0 Å². The highest BCUT2D eigenvalue weighted by molar-refractivity contribution is 6.34. The molecule has 1 aromatic heterocycles. The van der Waals surface area contributed by atoms with Crippen molar-refractivity contribution in [2.24, 2.45) is 5.92 Å². The van der Waals surface area contributed by atoms with Gasteiger partial charge < -0.3 is 4.90 Å². The van der Waals surface area contributed by atoms with Gasteiger partial charge in [0.2, 0.25) is 0 Å². The number of halogens is 2. The van der Waals surface area contributed by atoms with Gasteiger partial charge in [0.15, 0.2) is 0 Å². The standard InChI is InChI=1S/C16H20Cl2N2O/c17-13-8-9-14(18)19-15(13)16(21)20(12-6-7-12)10-11-4-2-1-3-5-11/h8-9,11-12H,1-7,10H2. The molecule has 0 aliphatic heterocycles. The molecule has 0 radical (unpaired) electrons. The maximum absolute atomic E-state index is 12.8. The molecular formula is C16H20Cl2N2O. The van der Waals surface area contributed by atoms with Gasteiger partial charge in [0.05, 0.1) is 5.02 Å². The van der Waals surface area contributed by atoms with E-state index in [0.717, 1.165) is 19.4 Å². The zero-order valence-electron chi connectivity index (χ0n) is 12.0. The molecule has 1 amide bonds. The topological polar surface area (TPSA) is 33.2 Å². The van der Waals surface area contributed by atoms with Gasteiger partial charge >= 0.3 is 0 Å². The summed E-state index contributed by atoms with van der Waals surface area (Å²) in [4.78, 5) is 18.9. The molecule has 1 heterocycles. The van der Waals surface area contributed by atoms with Crippen molar-refractivity contribution in [3.63, 3.8) is 0 Å². The molecule has 0 unspecified atom stereocenters. The third kappa shape index (κ3) is 3.70. The first-order valence-electron chi connectivity index (χ1n) is 7.78. The highest BCUT2D eigenvalue weighted by atomic mass is 35.5. The van der Waals surface area contributed by atoms with E-state index in [1.54, 1.807) is 12.1 Å². The minimum atomic E-state index is -0.0597. The maximum Gasteiger partial charge on any atom is 0.274 e. The Kier molecular flexibility index (Phi) is 4.70. The Morgan fingerprint density at radius 3 is 2.52 bits per heavy atom. The molecule has 3 rings (SSSR count). The maximum atomic E-state index is 12.8. The van der Waals surface area contributed by atoms with E-state index in [9.17, 15) is 4.79 Å². The van der Waals surface area contributed by atoms with Crippen LogP contribution < -0.4 is 0 Å². The number of carbonyl (C=O) groups excluding carboxylic acids is 1. The zero-order chi connectivity index (χ0) is 14.8. The van der Waals surface area contributed by atoms with E-state index in [-0.39, 0.29) is 5.91 Å². The van der Waals surface area contributed by atoms with Gasteiger partial charge in [-0.2, -0.15) is 0 Å². The first-order valence-corrected chi connectivity index (χ1v) is 8.54. The molecule has 0 saturated heterocycles. The van der Waals surface area contributed by atoms with Crippen LogP contribution in [0.25, 0.3) is 0 Å². The number of carbonyl (C=O) groups is 1. The van der Waals surface area contributed by atoms with Crippen molar-refractivity contribution in [3.05, 3.63) is 28.0 Å². The van der Waals surface area contributed by atoms with Crippen LogP contribution in [0.1, 0.15) is 55.4 Å². The fourth-order valence-corrected chi connectivity index (χ4v) is 3.47. The van der Waals surface area contributed by atoms with Crippen LogP contribution in [0.2, 0.25) is 10.2 Å². The number of rotatable bonds is 4. The number of pyridine rings is 1. The Morgan fingerprint density at radius 2 is 1.86 bits per heavy atom. The Labute approximate surface area is 135 Å². The first kappa shape index (κ1) is 15.1. The average Bonchev–Trinajstić information content (AvgIpc) is 3.32. The Bertz CT molecular complexity index is 525. The molecule has 0 N–H and O–H groups in total. The van der Waals surface area contributed by atoms with E-state index >= 15 is 0 Å². The molecule has 5 heteroatoms. The van der Waals surface area contributed by atoms with Crippen molar-refractivity contribution in [2.45, 2.75) is 51.0 Å². The number of nitrogens with zero attached hydrogens (tertiary/aromatic N) is 2. The summed E-state index contributed by atoms with van der Waals surface area (Å²) in [5, 5.41) is 0.704. The lowest BCUT2D eigenvalue weighted by atomic mass is 9.89. The van der Waals surface area contributed by atoms with Crippen LogP contribution >= 0.6 is 23.2 Å². The Morgan fingerprint density at radius 1 is 1.14 bits per heavy atom. The lowest BCUT2D eigenvalue weighted by Gasteiger charge is -2.30. The third-order valence-corrected chi connectivity index (χ3v) is 4.96. The van der Waals surface area contributed by atoms with Crippen molar-refractivity contribution in [2.75, 3.05) is 6.54 Å².